The summed E-state index contributed by atoms with van der Waals surface area (Å²) in [5.74, 6) is -0.206. The molecule has 2 nitrogen and oxygen atoms in total. The Balaban J connectivity index is 2.28. The molecule has 0 aliphatic heterocycles. The fourth-order valence-corrected chi connectivity index (χ4v) is 1.54. The van der Waals surface area contributed by atoms with Crippen LogP contribution in [0.4, 0.5) is 4.39 Å². The molecule has 1 atom stereocenters. The van der Waals surface area contributed by atoms with Gasteiger partial charge < -0.3 is 0 Å². The van der Waals surface area contributed by atoms with Gasteiger partial charge >= 0.3 is 0 Å². The predicted octanol–water partition coefficient (Wildman–Crippen LogP) is 2.94. The van der Waals surface area contributed by atoms with Gasteiger partial charge in [-0.2, -0.15) is 5.10 Å². The number of hydrogen-bond donors (Lipinski definition) is 0. The molecule has 0 aliphatic rings. The molecule has 2 aromatic rings. The lowest BCUT2D eigenvalue weighted by molar-refractivity contribution is 0.561. The van der Waals surface area contributed by atoms with Gasteiger partial charge in [-0.15, -0.1) is 0 Å². The molecule has 2 rings (SSSR count). The zero-order chi connectivity index (χ0) is 10.8. The van der Waals surface area contributed by atoms with Crippen molar-refractivity contribution in [2.24, 2.45) is 0 Å². The number of nitrogens with zero attached hydrogens (tertiary/aromatic N) is 2. The Morgan fingerprint density at radius 2 is 1.93 bits per heavy atom. The second-order valence-electron chi connectivity index (χ2n) is 3.73. The van der Waals surface area contributed by atoms with E-state index in [0.29, 0.717) is 0 Å². The summed E-state index contributed by atoms with van der Waals surface area (Å²) in [6.45, 7) is 4.04. The first-order valence-electron chi connectivity index (χ1n) is 4.93. The van der Waals surface area contributed by atoms with E-state index in [4.69, 9.17) is 0 Å². The molecule has 0 saturated carbocycles. The molecule has 15 heavy (non-hydrogen) atoms. The maximum Gasteiger partial charge on any atom is 0.123 e. The molecule has 0 spiro atoms. The van der Waals surface area contributed by atoms with Crippen LogP contribution in [-0.2, 0) is 0 Å². The number of aromatic nitrogens is 2. The number of rotatable bonds is 2. The summed E-state index contributed by atoms with van der Waals surface area (Å²) in [5.41, 5.74) is 2.18. The van der Waals surface area contributed by atoms with Crippen molar-refractivity contribution in [3.8, 4) is 0 Å². The first-order valence-corrected chi connectivity index (χ1v) is 4.93. The zero-order valence-electron chi connectivity index (χ0n) is 8.81. The minimum Gasteiger partial charge on any atom is -0.265 e. The molecule has 0 saturated heterocycles. The van der Waals surface area contributed by atoms with Gasteiger partial charge in [-0.1, -0.05) is 12.1 Å². The van der Waals surface area contributed by atoms with Crippen LogP contribution in [0.1, 0.15) is 24.1 Å². The van der Waals surface area contributed by atoms with Gasteiger partial charge in [0.1, 0.15) is 5.82 Å². The Hall–Kier alpha value is -1.64. The van der Waals surface area contributed by atoms with E-state index in [2.05, 4.69) is 5.10 Å². The van der Waals surface area contributed by atoms with Crippen LogP contribution in [0.5, 0.6) is 0 Å². The molecule has 1 heterocycles. The fraction of sp³-hybridized carbons (Fsp3) is 0.250. The van der Waals surface area contributed by atoms with E-state index in [1.165, 1.54) is 12.1 Å². The second-order valence-corrected chi connectivity index (χ2v) is 3.73. The van der Waals surface area contributed by atoms with Crippen LogP contribution in [0.25, 0.3) is 0 Å². The zero-order valence-corrected chi connectivity index (χ0v) is 8.81. The summed E-state index contributed by atoms with van der Waals surface area (Å²) < 4.78 is 14.6. The standard InChI is InChI=1S/C12H13FN2/c1-9-7-14-15(8-9)10(2)11-3-5-12(13)6-4-11/h3-8,10H,1-2H3/t10-/m1/s1. The molecule has 0 unspecified atom stereocenters. The van der Waals surface area contributed by atoms with Gasteiger partial charge in [0.05, 0.1) is 12.2 Å². The highest BCUT2D eigenvalue weighted by molar-refractivity contribution is 5.20. The monoisotopic (exact) mass is 204 g/mol. The SMILES string of the molecule is Cc1cnn([C@H](C)c2ccc(F)cc2)c1. The van der Waals surface area contributed by atoms with Gasteiger partial charge in [-0.05, 0) is 37.1 Å². The Morgan fingerprint density at radius 3 is 2.47 bits per heavy atom. The first kappa shape index (κ1) is 9.90. The number of benzene rings is 1. The molecule has 0 fully saturated rings. The predicted molar refractivity (Wildman–Crippen MR) is 57.2 cm³/mol. The van der Waals surface area contributed by atoms with Crippen LogP contribution in [-0.4, -0.2) is 9.78 Å². The Morgan fingerprint density at radius 1 is 1.27 bits per heavy atom. The highest BCUT2D eigenvalue weighted by atomic mass is 19.1. The molecule has 1 aromatic heterocycles. The summed E-state index contributed by atoms with van der Waals surface area (Å²) in [7, 11) is 0. The summed E-state index contributed by atoms with van der Waals surface area (Å²) in [5, 5.41) is 4.24. The van der Waals surface area contributed by atoms with Crippen LogP contribution in [0.15, 0.2) is 36.7 Å². The quantitative estimate of drug-likeness (QED) is 0.735. The average Bonchev–Trinajstić information content (AvgIpc) is 2.65. The Labute approximate surface area is 88.4 Å². The minimum absolute atomic E-state index is 0.138. The lowest BCUT2D eigenvalue weighted by atomic mass is 10.1. The summed E-state index contributed by atoms with van der Waals surface area (Å²) in [6, 6.07) is 6.66. The van der Waals surface area contributed by atoms with Gasteiger partial charge in [0, 0.05) is 6.20 Å². The maximum atomic E-state index is 12.7. The fourth-order valence-electron chi connectivity index (χ4n) is 1.54. The van der Waals surface area contributed by atoms with Gasteiger partial charge in [-0.25, -0.2) is 4.39 Å². The average molecular weight is 204 g/mol. The Bertz CT molecular complexity index is 445. The molecule has 0 bridgehead atoms. The third-order valence-corrected chi connectivity index (χ3v) is 2.48. The van der Waals surface area contributed by atoms with Crippen LogP contribution < -0.4 is 0 Å². The van der Waals surface area contributed by atoms with Crippen molar-refractivity contribution in [3.05, 3.63) is 53.6 Å². The van der Waals surface area contributed by atoms with Crippen molar-refractivity contribution in [2.45, 2.75) is 19.9 Å². The van der Waals surface area contributed by atoms with Crippen molar-refractivity contribution in [2.75, 3.05) is 0 Å². The number of hydrogen-bond acceptors (Lipinski definition) is 1. The topological polar surface area (TPSA) is 17.8 Å². The van der Waals surface area contributed by atoms with Crippen molar-refractivity contribution in [3.63, 3.8) is 0 Å². The van der Waals surface area contributed by atoms with Gasteiger partial charge in [0.2, 0.25) is 0 Å². The maximum absolute atomic E-state index is 12.7. The Kier molecular flexibility index (Phi) is 2.54. The van der Waals surface area contributed by atoms with Crippen molar-refractivity contribution < 1.29 is 4.39 Å². The van der Waals surface area contributed by atoms with E-state index in [1.54, 1.807) is 12.1 Å². The first-order chi connectivity index (χ1) is 7.16. The lowest BCUT2D eigenvalue weighted by Crippen LogP contribution is -2.06. The lowest BCUT2D eigenvalue weighted by Gasteiger charge is -2.12. The van der Waals surface area contributed by atoms with Gasteiger partial charge in [0.15, 0.2) is 0 Å². The van der Waals surface area contributed by atoms with Crippen LogP contribution in [0.2, 0.25) is 0 Å². The normalized spacial score (nSPS) is 12.7. The van der Waals surface area contributed by atoms with E-state index < -0.39 is 0 Å². The summed E-state index contributed by atoms with van der Waals surface area (Å²) in [4.78, 5) is 0. The van der Waals surface area contributed by atoms with Gasteiger partial charge in [-0.3, -0.25) is 4.68 Å². The van der Waals surface area contributed by atoms with Crippen LogP contribution in [0.3, 0.4) is 0 Å². The van der Waals surface area contributed by atoms with E-state index in [-0.39, 0.29) is 11.9 Å². The molecule has 0 radical (unpaired) electrons. The summed E-state index contributed by atoms with van der Waals surface area (Å²) in [6.07, 6.45) is 3.80. The highest BCUT2D eigenvalue weighted by Crippen LogP contribution is 2.17. The summed E-state index contributed by atoms with van der Waals surface area (Å²) >= 11 is 0. The smallest absolute Gasteiger partial charge is 0.123 e. The van der Waals surface area contributed by atoms with Crippen molar-refractivity contribution in [1.29, 1.82) is 0 Å². The van der Waals surface area contributed by atoms with E-state index >= 15 is 0 Å². The minimum atomic E-state index is -0.206. The molecule has 3 heteroatoms. The van der Waals surface area contributed by atoms with E-state index in [9.17, 15) is 4.39 Å². The van der Waals surface area contributed by atoms with E-state index in [1.807, 2.05) is 30.9 Å². The molecular weight excluding hydrogens is 191 g/mol. The van der Waals surface area contributed by atoms with Crippen LogP contribution in [0, 0.1) is 12.7 Å². The molecule has 78 valence electrons. The molecule has 0 aliphatic carbocycles. The number of halogens is 1. The second kappa shape index (κ2) is 3.85. The third kappa shape index (κ3) is 2.06. The molecule has 1 aromatic carbocycles. The van der Waals surface area contributed by atoms with Gasteiger partial charge in [0.25, 0.3) is 0 Å². The number of aryl methyl sites for hydroxylation is 1. The highest BCUT2D eigenvalue weighted by Gasteiger charge is 2.07. The molecule has 0 N–H and O–H groups in total. The third-order valence-electron chi connectivity index (χ3n) is 2.48. The van der Waals surface area contributed by atoms with Crippen LogP contribution >= 0.6 is 0 Å². The van der Waals surface area contributed by atoms with Crippen molar-refractivity contribution >= 4 is 0 Å². The molecular formula is C12H13FN2. The largest absolute Gasteiger partial charge is 0.265 e. The van der Waals surface area contributed by atoms with Crippen molar-refractivity contribution in [1.82, 2.24) is 9.78 Å². The molecule has 0 amide bonds. The van der Waals surface area contributed by atoms with E-state index in [0.717, 1.165) is 11.1 Å².